The number of nitrogens with one attached hydrogen (secondary N) is 1. The molecular weight excluding hydrogens is 464 g/mol. The molecule has 0 aromatic carbocycles. The van der Waals surface area contributed by atoms with E-state index in [0.717, 1.165) is 0 Å². The normalized spacial score (nSPS) is 12.8. The summed E-state index contributed by atoms with van der Waals surface area (Å²) in [6.07, 6.45) is -1.27. The van der Waals surface area contributed by atoms with Gasteiger partial charge in [0, 0.05) is 13.5 Å². The fourth-order valence-corrected chi connectivity index (χ4v) is 1.17. The fourth-order valence-electron chi connectivity index (χ4n) is 0.564. The molecule has 0 heterocycles. The van der Waals surface area contributed by atoms with Crippen molar-refractivity contribution in [3.63, 3.8) is 0 Å². The second-order valence-corrected chi connectivity index (χ2v) is 3.84. The second kappa shape index (κ2) is 5.07. The zero-order chi connectivity index (χ0) is 9.78. The topological polar surface area (TPSA) is 104 Å². The van der Waals surface area contributed by atoms with Crippen LogP contribution in [0.25, 0.3) is 0 Å². The maximum atomic E-state index is 10.3. The van der Waals surface area contributed by atoms with Crippen LogP contribution in [0.5, 0.6) is 0 Å². The smallest absolute Gasteiger partial charge is 0.267 e. The average Bonchev–Trinajstić information content (AvgIpc) is 1.79. The Bertz CT molecular complexity index is 252. The van der Waals surface area contributed by atoms with Gasteiger partial charge in [0.25, 0.3) is 10.1 Å². The van der Waals surface area contributed by atoms with Crippen molar-refractivity contribution in [3.8, 4) is 0 Å². The minimum Gasteiger partial charge on any atom is -0.390 e. The van der Waals surface area contributed by atoms with Crippen molar-refractivity contribution in [2.24, 2.45) is 0 Å². The van der Waals surface area contributed by atoms with Crippen LogP contribution in [0.15, 0.2) is 0 Å². The molecule has 0 aromatic rings. The molecule has 0 fully saturated rings. The Labute approximate surface area is 70.3 Å². The summed E-state index contributed by atoms with van der Waals surface area (Å²) in [5.41, 5.74) is 0. The number of rotatable bonds is 4. The summed E-state index contributed by atoms with van der Waals surface area (Å²) in [5.74, 6) is -1.14. The van der Waals surface area contributed by atoms with E-state index >= 15 is 0 Å². The van der Waals surface area contributed by atoms with Gasteiger partial charge in [-0.05, 0) is 0 Å². The van der Waals surface area contributed by atoms with Crippen molar-refractivity contribution >= 4 is 16.0 Å². The number of carbonyl (C=O) groups excluding carboxylic acids is 1. The van der Waals surface area contributed by atoms with Crippen LogP contribution in [-0.4, -0.2) is 42.4 Å². The van der Waals surface area contributed by atoms with Crippen LogP contribution in [0.4, 0.5) is 0 Å². The van der Waals surface area contributed by atoms with E-state index in [1.165, 1.54) is 6.92 Å². The van der Waals surface area contributed by atoms with Crippen molar-refractivity contribution < 1.29 is 22.9 Å². The van der Waals surface area contributed by atoms with Gasteiger partial charge in [0.1, 0.15) is 5.75 Å². The molecule has 0 rings (SSSR count). The van der Waals surface area contributed by atoms with Gasteiger partial charge in [-0.2, -0.15) is 8.42 Å². The van der Waals surface area contributed by atoms with E-state index < -0.39 is 22.0 Å². The van der Waals surface area contributed by atoms with E-state index in [0.29, 0.717) is 0 Å². The molecule has 1 amide bonds. The molecule has 0 saturated carbocycles. The number of hydrogen-bond donors (Lipinski definition) is 3. The van der Waals surface area contributed by atoms with Crippen molar-refractivity contribution in [2.75, 3.05) is 12.3 Å². The van der Waals surface area contributed by atoms with Gasteiger partial charge in [-0.25, -0.2) is 0 Å². The predicted molar refractivity (Wildman–Crippen MR) is 41.1 cm³/mol. The van der Waals surface area contributed by atoms with Crippen molar-refractivity contribution in [3.05, 3.63) is 0 Å². The van der Waals surface area contributed by atoms with Gasteiger partial charge in [-0.1, -0.05) is 0 Å². The maximum Gasteiger partial charge on any atom is 0.267 e. The monoisotopic (exact) mass is 475 g/mol. The molecule has 0 aliphatic heterocycles. The third kappa shape index (κ3) is 10.3. The molecular formula is C5H11MtNO5S. The molecule has 1 unspecified atom stereocenters. The molecule has 0 radical (unpaired) electrons. The van der Waals surface area contributed by atoms with Crippen LogP contribution < -0.4 is 5.32 Å². The van der Waals surface area contributed by atoms with E-state index in [9.17, 15) is 13.2 Å². The number of aliphatic hydroxyl groups is 1. The minimum atomic E-state index is -4.17. The third-order valence-electron chi connectivity index (χ3n) is 0.990. The summed E-state index contributed by atoms with van der Waals surface area (Å²) < 4.78 is 28.6. The van der Waals surface area contributed by atoms with Crippen molar-refractivity contribution in [1.82, 2.24) is 5.32 Å². The first-order valence-electron chi connectivity index (χ1n) is 3.19. The molecule has 3 N–H and O–H groups in total. The Balaban J connectivity index is 0. The van der Waals surface area contributed by atoms with Gasteiger partial charge in [0.15, 0.2) is 0 Å². The Morgan fingerprint density at radius 3 is 2.31 bits per heavy atom. The largest absolute Gasteiger partial charge is 0.390 e. The van der Waals surface area contributed by atoms with Crippen LogP contribution in [0, 0.1) is 0 Å². The first-order valence-corrected chi connectivity index (χ1v) is 4.80. The molecule has 8 heteroatoms. The predicted octanol–water partition coefficient (Wildman–Crippen LogP) is -1.63. The zero-order valence-corrected chi connectivity index (χ0v) is 14.6. The molecule has 0 spiro atoms. The molecule has 74 valence electrons. The molecule has 0 bridgehead atoms. The van der Waals surface area contributed by atoms with E-state index in [-0.39, 0.29) is 12.5 Å². The summed E-state index contributed by atoms with van der Waals surface area (Å²) in [4.78, 5) is 10.3. The van der Waals surface area contributed by atoms with E-state index in [2.05, 4.69) is 5.32 Å². The Hall–Kier alpha value is -1.66. The third-order valence-corrected chi connectivity index (χ3v) is 1.80. The van der Waals surface area contributed by atoms with Crippen molar-refractivity contribution in [2.45, 2.75) is 13.0 Å². The van der Waals surface area contributed by atoms with E-state index in [4.69, 9.17) is 9.66 Å². The van der Waals surface area contributed by atoms with Crippen LogP contribution >= 0.6 is 0 Å². The van der Waals surface area contributed by atoms with Crippen LogP contribution in [0.2, 0.25) is 0 Å². The SMILES string of the molecule is CC(=O)NCC(O)CS(=O)(=O)O.[Mt]. The summed E-state index contributed by atoms with van der Waals surface area (Å²) >= 11 is 0. The van der Waals surface area contributed by atoms with Gasteiger partial charge in [0.2, 0.25) is 5.91 Å². The molecule has 0 aliphatic rings. The summed E-state index contributed by atoms with van der Waals surface area (Å²) in [6, 6.07) is 0. The van der Waals surface area contributed by atoms with Crippen LogP contribution in [-0.2, 0) is 14.9 Å². The summed E-state index contributed by atoms with van der Waals surface area (Å²) in [6.45, 7) is 1.05. The molecule has 0 aliphatic carbocycles. The molecule has 6 nitrogen and oxygen atoms in total. The summed E-state index contributed by atoms with van der Waals surface area (Å²) in [5, 5.41) is 11.1. The Kier molecular flexibility index (Phi) is 5.42. The molecule has 13 heavy (non-hydrogen) atoms. The first-order chi connectivity index (χ1) is 5.31. The zero-order valence-electron chi connectivity index (χ0n) is 7.23. The molecule has 0 aromatic heterocycles. The fraction of sp³-hybridized carbons (Fsp3) is 0.800. The maximum absolute atomic E-state index is 10.3. The van der Waals surface area contributed by atoms with Gasteiger partial charge in [-0.3, -0.25) is 9.35 Å². The Morgan fingerprint density at radius 2 is 2.00 bits per heavy atom. The molecule has 0 saturated heterocycles. The standard InChI is InChI=1S/C5H11NO5S.Mt/c1-4(7)6-2-5(8)3-12(9,10)11;/h5,8H,2-3H2,1H3,(H,6,7)(H,9,10,11);. The Morgan fingerprint density at radius 1 is 1.54 bits per heavy atom. The van der Waals surface area contributed by atoms with Gasteiger partial charge in [0.05, 0.1) is 6.10 Å². The second-order valence-electron chi connectivity index (χ2n) is 2.34. The van der Waals surface area contributed by atoms with Gasteiger partial charge in [-0.15, -0.1) is 0 Å². The van der Waals surface area contributed by atoms with Crippen LogP contribution in [0.1, 0.15) is 6.92 Å². The number of hydrogen-bond acceptors (Lipinski definition) is 4. The van der Waals surface area contributed by atoms with Gasteiger partial charge >= 0.3 is 0 Å². The number of amides is 1. The molecule has 1 atom stereocenters. The van der Waals surface area contributed by atoms with Gasteiger partial charge < -0.3 is 10.4 Å². The average molecular weight is 475 g/mol. The van der Waals surface area contributed by atoms with E-state index in [1.54, 1.807) is 0 Å². The summed E-state index contributed by atoms with van der Waals surface area (Å²) in [7, 11) is -4.17. The minimum absolute atomic E-state index is 0. The van der Waals surface area contributed by atoms with Crippen LogP contribution in [0.3, 0.4) is 0 Å². The quantitative estimate of drug-likeness (QED) is 0.424. The first kappa shape index (κ1) is 13.9. The van der Waals surface area contributed by atoms with E-state index in [1.807, 2.05) is 0 Å². The van der Waals surface area contributed by atoms with Crippen molar-refractivity contribution in [1.29, 1.82) is 0 Å². The number of aliphatic hydroxyl groups excluding tert-OH is 1. The number of carbonyl (C=O) groups is 1.